The molecule has 1 aromatic heterocycles. The van der Waals surface area contributed by atoms with E-state index in [1.54, 1.807) is 6.07 Å². The van der Waals surface area contributed by atoms with Gasteiger partial charge in [0.15, 0.2) is 0 Å². The Morgan fingerprint density at radius 3 is 2.79 bits per heavy atom. The number of aliphatic hydroxyl groups excluding tert-OH is 1. The van der Waals surface area contributed by atoms with Crippen LogP contribution >= 0.6 is 0 Å². The Balaban J connectivity index is 1.76. The van der Waals surface area contributed by atoms with Crippen LogP contribution in [0.3, 0.4) is 0 Å². The highest BCUT2D eigenvalue weighted by molar-refractivity contribution is 5.99. The number of aromatic nitrogens is 1. The van der Waals surface area contributed by atoms with Crippen LogP contribution in [0.2, 0.25) is 0 Å². The van der Waals surface area contributed by atoms with Crippen molar-refractivity contribution < 1.29 is 23.1 Å². The van der Waals surface area contributed by atoms with Crippen molar-refractivity contribution in [3.05, 3.63) is 41.6 Å². The molecule has 29 heavy (non-hydrogen) atoms. The van der Waals surface area contributed by atoms with Gasteiger partial charge in [-0.25, -0.2) is 0 Å². The van der Waals surface area contributed by atoms with Crippen LogP contribution in [0.4, 0.5) is 13.2 Å². The van der Waals surface area contributed by atoms with Gasteiger partial charge in [-0.2, -0.15) is 0 Å². The third-order valence-corrected chi connectivity index (χ3v) is 6.07. The zero-order valence-corrected chi connectivity index (χ0v) is 16.3. The number of halogens is 3. The lowest BCUT2D eigenvalue weighted by atomic mass is 9.81. The van der Waals surface area contributed by atoms with Crippen LogP contribution in [0, 0.1) is 5.92 Å². The first-order valence-corrected chi connectivity index (χ1v) is 9.78. The number of nitrogens with one attached hydrogen (secondary N) is 1. The number of nitrogens with zero attached hydrogens (tertiary/aromatic N) is 2. The van der Waals surface area contributed by atoms with Crippen LogP contribution in [0.15, 0.2) is 30.5 Å². The van der Waals surface area contributed by atoms with E-state index in [2.05, 4.69) is 10.2 Å². The number of amides is 1. The molecule has 1 aliphatic carbocycles. The summed E-state index contributed by atoms with van der Waals surface area (Å²) < 4.78 is 40.8. The van der Waals surface area contributed by atoms with E-state index in [4.69, 9.17) is 0 Å². The fourth-order valence-electron chi connectivity index (χ4n) is 4.56. The molecule has 8 heteroatoms. The van der Waals surface area contributed by atoms with Crippen molar-refractivity contribution in [1.82, 2.24) is 14.8 Å². The van der Waals surface area contributed by atoms with E-state index < -0.39 is 12.2 Å². The Morgan fingerprint density at radius 1 is 1.38 bits per heavy atom. The highest BCUT2D eigenvalue weighted by atomic mass is 19.4. The highest BCUT2D eigenvalue weighted by Crippen LogP contribution is 2.42. The number of carbonyl (C=O) groups is 1. The summed E-state index contributed by atoms with van der Waals surface area (Å²) in [6, 6.07) is 4.69. The molecular formula is C21H24F3N3O2. The number of likely N-dealkylation sites (N-methyl/N-ethyl adjacent to an activating group) is 1. The van der Waals surface area contributed by atoms with Crippen LogP contribution in [-0.4, -0.2) is 52.8 Å². The lowest BCUT2D eigenvalue weighted by Crippen LogP contribution is -2.51. The van der Waals surface area contributed by atoms with Crippen LogP contribution in [0.1, 0.15) is 24.5 Å². The summed E-state index contributed by atoms with van der Waals surface area (Å²) in [5.74, 6) is -0.666. The van der Waals surface area contributed by atoms with Crippen LogP contribution in [0.25, 0.3) is 16.5 Å². The molecule has 2 aromatic rings. The molecule has 2 N–H and O–H groups in total. The summed E-state index contributed by atoms with van der Waals surface area (Å²) in [5.41, 5.74) is 2.58. The number of rotatable bonds is 4. The van der Waals surface area contributed by atoms with Gasteiger partial charge >= 0.3 is 6.30 Å². The third-order valence-electron chi connectivity index (χ3n) is 6.07. The summed E-state index contributed by atoms with van der Waals surface area (Å²) in [7, 11) is 1.92. The SMILES string of the molecule is CCC(CO)C(=O)NC1C=C2c3cccc4c3c(cn4C(F)(F)F)CC2N(C)C1. The maximum absolute atomic E-state index is 13.5. The average Bonchev–Trinajstić information content (AvgIpc) is 3.04. The molecule has 0 saturated carbocycles. The molecule has 1 aliphatic heterocycles. The van der Waals surface area contributed by atoms with E-state index in [9.17, 15) is 23.1 Å². The number of hydrogen-bond donors (Lipinski definition) is 2. The number of carbonyl (C=O) groups excluding carboxylic acids is 1. The van der Waals surface area contributed by atoms with Crippen molar-refractivity contribution in [2.24, 2.45) is 5.92 Å². The van der Waals surface area contributed by atoms with E-state index in [1.807, 2.05) is 26.1 Å². The molecule has 0 saturated heterocycles. The van der Waals surface area contributed by atoms with E-state index >= 15 is 0 Å². The number of hydrogen-bond acceptors (Lipinski definition) is 3. The number of aliphatic hydroxyl groups is 1. The van der Waals surface area contributed by atoms with Gasteiger partial charge in [-0.05, 0) is 42.7 Å². The molecule has 0 bridgehead atoms. The first-order valence-electron chi connectivity index (χ1n) is 9.78. The van der Waals surface area contributed by atoms with Gasteiger partial charge in [-0.3, -0.25) is 14.3 Å². The van der Waals surface area contributed by atoms with Crippen LogP contribution < -0.4 is 5.32 Å². The lowest BCUT2D eigenvalue weighted by molar-refractivity contribution is -0.200. The van der Waals surface area contributed by atoms with E-state index in [0.717, 1.165) is 11.1 Å². The molecule has 3 unspecified atom stereocenters. The molecule has 4 rings (SSSR count). The van der Waals surface area contributed by atoms with Crippen molar-refractivity contribution in [2.75, 3.05) is 20.2 Å². The van der Waals surface area contributed by atoms with Gasteiger partial charge in [0.1, 0.15) is 0 Å². The monoisotopic (exact) mass is 407 g/mol. The fraction of sp³-hybridized carbons (Fsp3) is 0.476. The molecule has 3 atom stereocenters. The molecule has 1 amide bonds. The Bertz CT molecular complexity index is 975. The van der Waals surface area contributed by atoms with E-state index in [0.29, 0.717) is 34.9 Å². The molecule has 0 radical (unpaired) electrons. The van der Waals surface area contributed by atoms with Crippen molar-refractivity contribution in [3.63, 3.8) is 0 Å². The van der Waals surface area contributed by atoms with Gasteiger partial charge < -0.3 is 10.4 Å². The minimum atomic E-state index is -4.47. The number of fused-ring (bicyclic) bond motifs is 2. The van der Waals surface area contributed by atoms with Crippen molar-refractivity contribution >= 4 is 22.4 Å². The van der Waals surface area contributed by atoms with Crippen LogP contribution in [0.5, 0.6) is 0 Å². The van der Waals surface area contributed by atoms with Crippen molar-refractivity contribution in [3.8, 4) is 0 Å². The zero-order chi connectivity index (χ0) is 20.9. The minimum Gasteiger partial charge on any atom is -0.396 e. The number of alkyl halides is 3. The molecule has 0 fully saturated rings. The molecule has 5 nitrogen and oxygen atoms in total. The smallest absolute Gasteiger partial charge is 0.396 e. The number of benzene rings is 1. The maximum atomic E-state index is 13.5. The van der Waals surface area contributed by atoms with Crippen molar-refractivity contribution in [1.29, 1.82) is 0 Å². The summed E-state index contributed by atoms with van der Waals surface area (Å²) in [5, 5.41) is 13.0. The molecule has 2 heterocycles. The van der Waals surface area contributed by atoms with Crippen molar-refractivity contribution in [2.45, 2.75) is 38.1 Å². The standard InChI is InChI=1S/C21H24F3N3O2/c1-3-12(11-28)20(29)25-14-8-16-15-5-4-6-17-19(15)13(7-18(16)26(2)10-14)9-27(17)21(22,23)24/h4-6,8-9,12,14,18,28H,3,7,10-11H2,1-2H3,(H,25,29). The van der Waals surface area contributed by atoms with E-state index in [1.165, 1.54) is 12.3 Å². The molecule has 1 aromatic carbocycles. The summed E-state index contributed by atoms with van der Waals surface area (Å²) in [4.78, 5) is 14.5. The first kappa shape index (κ1) is 20.0. The molecule has 2 aliphatic rings. The van der Waals surface area contributed by atoms with Gasteiger partial charge in [-0.15, -0.1) is 13.2 Å². The van der Waals surface area contributed by atoms with Crippen LogP contribution in [-0.2, 0) is 17.5 Å². The van der Waals surface area contributed by atoms with E-state index in [-0.39, 0.29) is 30.1 Å². The van der Waals surface area contributed by atoms with Gasteiger partial charge in [0.25, 0.3) is 0 Å². The second-order valence-corrected chi connectivity index (χ2v) is 7.88. The predicted octanol–water partition coefficient (Wildman–Crippen LogP) is 2.87. The molecule has 156 valence electrons. The fourth-order valence-corrected chi connectivity index (χ4v) is 4.56. The topological polar surface area (TPSA) is 57.5 Å². The second kappa shape index (κ2) is 7.18. The molecular weight excluding hydrogens is 383 g/mol. The summed E-state index contributed by atoms with van der Waals surface area (Å²) in [6.45, 7) is 2.20. The minimum absolute atomic E-state index is 0.0369. The lowest BCUT2D eigenvalue weighted by Gasteiger charge is -2.40. The van der Waals surface area contributed by atoms with Gasteiger partial charge in [-0.1, -0.05) is 25.1 Å². The average molecular weight is 407 g/mol. The normalized spacial score (nSPS) is 22.9. The largest absolute Gasteiger partial charge is 0.488 e. The van der Waals surface area contributed by atoms with Gasteiger partial charge in [0, 0.05) is 24.2 Å². The molecule has 0 spiro atoms. The zero-order valence-electron chi connectivity index (χ0n) is 16.3. The second-order valence-electron chi connectivity index (χ2n) is 7.88. The third kappa shape index (κ3) is 3.34. The summed E-state index contributed by atoms with van der Waals surface area (Å²) in [6.07, 6.45) is -0.262. The predicted molar refractivity (Wildman–Crippen MR) is 104 cm³/mol. The Labute approximate surface area is 166 Å². The Morgan fingerprint density at radius 2 is 2.14 bits per heavy atom. The highest BCUT2D eigenvalue weighted by Gasteiger charge is 2.38. The Kier molecular flexibility index (Phi) is 4.94. The summed E-state index contributed by atoms with van der Waals surface area (Å²) >= 11 is 0. The maximum Gasteiger partial charge on any atom is 0.488 e. The van der Waals surface area contributed by atoms with Gasteiger partial charge in [0.2, 0.25) is 5.91 Å². The quantitative estimate of drug-likeness (QED) is 0.820. The van der Waals surface area contributed by atoms with Gasteiger partial charge in [0.05, 0.1) is 24.1 Å². The first-order chi connectivity index (χ1) is 13.7. The Hall–Kier alpha value is -2.32.